The fraction of sp³-hybridized carbons (Fsp3) is 0.474. The molecule has 0 bridgehead atoms. The van der Waals surface area contributed by atoms with E-state index in [1.54, 1.807) is 36.7 Å². The second-order valence-electron chi connectivity index (χ2n) is 8.48. The van der Waals surface area contributed by atoms with Crippen molar-refractivity contribution in [3.8, 4) is 11.1 Å². The summed E-state index contributed by atoms with van der Waals surface area (Å²) in [6.45, 7) is 6.47. The first-order chi connectivity index (χ1) is 14.4. The molecule has 0 amide bonds. The molecule has 2 heterocycles. The third kappa shape index (κ3) is 5.27. The number of rotatable bonds is 5. The monoisotopic (exact) mass is 451 g/mol. The summed E-state index contributed by atoms with van der Waals surface area (Å²) in [4.78, 5) is 27.5. The molecule has 2 aromatic rings. The van der Waals surface area contributed by atoms with Gasteiger partial charge in [-0.2, -0.15) is 5.10 Å². The molecule has 11 nitrogen and oxygen atoms in total. The fourth-order valence-corrected chi connectivity index (χ4v) is 4.00. The first-order valence-corrected chi connectivity index (χ1v) is 11.2. The number of sulfonamides is 1. The van der Waals surface area contributed by atoms with Gasteiger partial charge in [-0.15, -0.1) is 5.06 Å². The van der Waals surface area contributed by atoms with Crippen molar-refractivity contribution in [2.75, 3.05) is 13.1 Å². The average Bonchev–Trinajstić information content (AvgIpc) is 3.16. The maximum Gasteiger partial charge on any atom is 0.330 e. The minimum atomic E-state index is -4.18. The van der Waals surface area contributed by atoms with Crippen molar-refractivity contribution in [1.82, 2.24) is 14.8 Å². The first kappa shape index (κ1) is 22.8. The van der Waals surface area contributed by atoms with Gasteiger partial charge in [0, 0.05) is 42.5 Å². The molecule has 1 aliphatic heterocycles. The Labute approximate surface area is 179 Å². The first-order valence-electron chi connectivity index (χ1n) is 9.69. The topological polar surface area (TPSA) is 151 Å². The van der Waals surface area contributed by atoms with E-state index < -0.39 is 20.4 Å². The lowest BCUT2D eigenvalue weighted by molar-refractivity contribution is -0.385. The number of non-ortho nitro benzene ring substituents is 1. The van der Waals surface area contributed by atoms with Crippen LogP contribution in [0.15, 0.2) is 35.5 Å². The molecule has 2 N–H and O–H groups in total. The van der Waals surface area contributed by atoms with Gasteiger partial charge < -0.3 is 4.84 Å². The summed E-state index contributed by atoms with van der Waals surface area (Å²) in [7, 11) is -4.18. The minimum absolute atomic E-state index is 0.0364. The number of hydrogen-bond acceptors (Lipinski definition) is 8. The van der Waals surface area contributed by atoms with Crippen LogP contribution in [-0.4, -0.2) is 47.2 Å². The Bertz CT molecular complexity index is 1100. The zero-order chi connectivity index (χ0) is 23.0. The molecule has 31 heavy (non-hydrogen) atoms. The van der Waals surface area contributed by atoms with E-state index in [0.29, 0.717) is 31.5 Å². The standard InChI is InChI=1S/C19H25N5O6S/c1-19(2,3)18(25)30-22-8-6-14(7-9-22)23-12-13(11-21-23)16-5-4-15(24(26)27)10-17(16)31(20,28)29/h4-5,10-12,14H,6-9H2,1-3H3,(H2,20,28,29). The van der Waals surface area contributed by atoms with E-state index in [4.69, 9.17) is 9.98 Å². The van der Waals surface area contributed by atoms with Crippen LogP contribution in [-0.2, 0) is 19.7 Å². The summed E-state index contributed by atoms with van der Waals surface area (Å²) in [5.74, 6) is -0.291. The lowest BCUT2D eigenvalue weighted by Crippen LogP contribution is -2.39. The highest BCUT2D eigenvalue weighted by atomic mass is 32.2. The lowest BCUT2D eigenvalue weighted by Gasteiger charge is -2.32. The van der Waals surface area contributed by atoms with E-state index >= 15 is 0 Å². The molecule has 0 spiro atoms. The van der Waals surface area contributed by atoms with E-state index in [0.717, 1.165) is 6.07 Å². The highest BCUT2D eigenvalue weighted by Gasteiger charge is 2.29. The van der Waals surface area contributed by atoms with Crippen LogP contribution in [0.25, 0.3) is 11.1 Å². The van der Waals surface area contributed by atoms with Crippen molar-refractivity contribution >= 4 is 21.7 Å². The molecule has 0 unspecified atom stereocenters. The SMILES string of the molecule is CC(C)(C)C(=O)ON1CCC(n2cc(-c3ccc([N+](=O)[O-])cc3S(N)(=O)=O)cn2)CC1. The third-order valence-corrected chi connectivity index (χ3v) is 5.97. The van der Waals surface area contributed by atoms with Crippen LogP contribution in [0.4, 0.5) is 5.69 Å². The van der Waals surface area contributed by atoms with Crippen LogP contribution in [0.3, 0.4) is 0 Å². The van der Waals surface area contributed by atoms with Crippen molar-refractivity contribution in [1.29, 1.82) is 0 Å². The molecule has 3 rings (SSSR count). The third-order valence-electron chi connectivity index (χ3n) is 5.02. The van der Waals surface area contributed by atoms with Crippen molar-refractivity contribution < 1.29 is 23.0 Å². The molecular weight excluding hydrogens is 426 g/mol. The number of hydroxylamine groups is 2. The van der Waals surface area contributed by atoms with E-state index in [1.807, 2.05) is 0 Å². The van der Waals surface area contributed by atoms with Gasteiger partial charge in [0.2, 0.25) is 10.0 Å². The predicted octanol–water partition coefficient (Wildman–Crippen LogP) is 2.25. The molecule has 12 heteroatoms. The largest absolute Gasteiger partial charge is 0.367 e. The predicted molar refractivity (Wildman–Crippen MR) is 111 cm³/mol. The van der Waals surface area contributed by atoms with Crippen LogP contribution in [0.5, 0.6) is 0 Å². The Hall–Kier alpha value is -2.83. The Kier molecular flexibility index (Phi) is 6.16. The maximum atomic E-state index is 12.0. The Morgan fingerprint density at radius 2 is 1.94 bits per heavy atom. The van der Waals surface area contributed by atoms with Gasteiger partial charge in [0.1, 0.15) is 0 Å². The Balaban J connectivity index is 1.76. The van der Waals surface area contributed by atoms with Gasteiger partial charge in [0.25, 0.3) is 5.69 Å². The minimum Gasteiger partial charge on any atom is -0.367 e. The maximum absolute atomic E-state index is 12.0. The summed E-state index contributed by atoms with van der Waals surface area (Å²) >= 11 is 0. The highest BCUT2D eigenvalue weighted by Crippen LogP contribution is 2.32. The van der Waals surface area contributed by atoms with Gasteiger partial charge >= 0.3 is 5.97 Å². The summed E-state index contributed by atoms with van der Waals surface area (Å²) < 4.78 is 25.7. The number of aromatic nitrogens is 2. The number of carbonyl (C=O) groups is 1. The molecule has 0 saturated carbocycles. The lowest BCUT2D eigenvalue weighted by atomic mass is 9.98. The number of nitrogens with zero attached hydrogens (tertiary/aromatic N) is 4. The van der Waals surface area contributed by atoms with E-state index in [9.17, 15) is 23.3 Å². The number of carbonyl (C=O) groups excluding carboxylic acids is 1. The fourth-order valence-electron chi connectivity index (χ4n) is 3.23. The van der Waals surface area contributed by atoms with Crippen molar-refractivity contribution in [2.45, 2.75) is 44.6 Å². The zero-order valence-electron chi connectivity index (χ0n) is 17.5. The normalized spacial score (nSPS) is 16.3. The number of nitrogens with two attached hydrogens (primary N) is 1. The van der Waals surface area contributed by atoms with Gasteiger partial charge in [-0.1, -0.05) is 0 Å². The van der Waals surface area contributed by atoms with Crippen LogP contribution in [0.2, 0.25) is 0 Å². The smallest absolute Gasteiger partial charge is 0.330 e. The van der Waals surface area contributed by atoms with Crippen molar-refractivity contribution in [3.63, 3.8) is 0 Å². The Morgan fingerprint density at radius 3 is 2.48 bits per heavy atom. The summed E-state index contributed by atoms with van der Waals surface area (Å²) in [6.07, 6.45) is 4.56. The van der Waals surface area contributed by atoms with Crippen LogP contribution < -0.4 is 5.14 Å². The number of benzene rings is 1. The van der Waals surface area contributed by atoms with Crippen LogP contribution >= 0.6 is 0 Å². The van der Waals surface area contributed by atoms with Crippen molar-refractivity contribution in [3.05, 3.63) is 40.7 Å². The molecule has 0 aliphatic carbocycles. The van der Waals surface area contributed by atoms with Gasteiger partial charge in [-0.05, 0) is 39.7 Å². The number of nitro benzene ring substituents is 1. The van der Waals surface area contributed by atoms with E-state index in [1.165, 1.54) is 18.3 Å². The van der Waals surface area contributed by atoms with Gasteiger partial charge in [-0.25, -0.2) is 18.4 Å². The zero-order valence-corrected chi connectivity index (χ0v) is 18.3. The second-order valence-corrected chi connectivity index (χ2v) is 10.0. The number of piperidine rings is 1. The van der Waals surface area contributed by atoms with Crippen molar-refractivity contribution in [2.24, 2.45) is 10.6 Å². The molecule has 1 aromatic carbocycles. The van der Waals surface area contributed by atoms with Gasteiger partial charge in [0.05, 0.1) is 27.5 Å². The molecular formula is C19H25N5O6S. The number of hydrogen-bond donors (Lipinski definition) is 1. The summed E-state index contributed by atoms with van der Waals surface area (Å²) in [6, 6.07) is 3.57. The summed E-state index contributed by atoms with van der Waals surface area (Å²) in [5, 5.41) is 22.3. The number of nitro groups is 1. The molecule has 1 aliphatic rings. The van der Waals surface area contributed by atoms with Gasteiger partial charge in [-0.3, -0.25) is 14.8 Å². The molecule has 1 fully saturated rings. The summed E-state index contributed by atoms with van der Waals surface area (Å²) in [5.41, 5.74) is -0.215. The average molecular weight is 452 g/mol. The quantitative estimate of drug-likeness (QED) is 0.537. The van der Waals surface area contributed by atoms with E-state index in [2.05, 4.69) is 5.10 Å². The molecule has 0 radical (unpaired) electrons. The van der Waals surface area contributed by atoms with E-state index in [-0.39, 0.29) is 28.2 Å². The number of primary sulfonamides is 1. The molecule has 168 valence electrons. The van der Waals surface area contributed by atoms with Crippen LogP contribution in [0.1, 0.15) is 39.7 Å². The second kappa shape index (κ2) is 8.36. The molecule has 1 aromatic heterocycles. The highest BCUT2D eigenvalue weighted by molar-refractivity contribution is 7.89. The molecule has 1 saturated heterocycles. The van der Waals surface area contributed by atoms with Crippen LogP contribution in [0, 0.1) is 15.5 Å². The molecule has 0 atom stereocenters. The van der Waals surface area contributed by atoms with Gasteiger partial charge in [0.15, 0.2) is 0 Å². The Morgan fingerprint density at radius 1 is 1.29 bits per heavy atom.